The van der Waals surface area contributed by atoms with Crippen LogP contribution in [0.5, 0.6) is 0 Å². The molecule has 0 saturated carbocycles. The van der Waals surface area contributed by atoms with E-state index < -0.39 is 35.1 Å². The van der Waals surface area contributed by atoms with Crippen LogP contribution in [0, 0.1) is 17.8 Å². The van der Waals surface area contributed by atoms with Crippen LogP contribution in [0.3, 0.4) is 0 Å². The first-order valence-corrected chi connectivity index (χ1v) is 15.3. The monoisotopic (exact) mass is 580 g/mol. The molecule has 2 bridgehead atoms. The number of nitrogens with zero attached hydrogens (tertiary/aromatic N) is 4. The molecular formula is C33H48N4O5. The highest BCUT2D eigenvalue weighted by molar-refractivity contribution is 6.05. The molecule has 1 aromatic rings. The number of rotatable bonds is 13. The van der Waals surface area contributed by atoms with Crippen molar-refractivity contribution in [2.24, 2.45) is 17.8 Å². The summed E-state index contributed by atoms with van der Waals surface area (Å²) < 4.78 is 6.87. The van der Waals surface area contributed by atoms with E-state index in [1.54, 1.807) is 33.9 Å². The normalized spacial score (nSPS) is 30.2. The molecule has 3 aliphatic heterocycles. The molecule has 0 aromatic heterocycles. The first-order valence-electron chi connectivity index (χ1n) is 15.3. The number of anilines is 2. The molecule has 9 heteroatoms. The van der Waals surface area contributed by atoms with Crippen molar-refractivity contribution in [3.63, 3.8) is 0 Å². The summed E-state index contributed by atoms with van der Waals surface area (Å²) in [7, 11) is 1.70. The van der Waals surface area contributed by atoms with E-state index >= 15 is 0 Å². The number of hydrogen-bond donors (Lipinski definition) is 1. The molecular weight excluding hydrogens is 532 g/mol. The second kappa shape index (κ2) is 12.2. The summed E-state index contributed by atoms with van der Waals surface area (Å²) >= 11 is 0. The average Bonchev–Trinajstić information content (AvgIpc) is 3.49. The van der Waals surface area contributed by atoms with Crippen LogP contribution in [0.2, 0.25) is 0 Å². The van der Waals surface area contributed by atoms with Crippen LogP contribution in [0.4, 0.5) is 11.4 Å². The van der Waals surface area contributed by atoms with Crippen LogP contribution in [0.1, 0.15) is 47.5 Å². The lowest BCUT2D eigenvalue weighted by Gasteiger charge is -2.39. The quantitative estimate of drug-likeness (QED) is 0.359. The van der Waals surface area contributed by atoms with Crippen molar-refractivity contribution in [2.45, 2.75) is 70.7 Å². The van der Waals surface area contributed by atoms with Gasteiger partial charge in [-0.2, -0.15) is 0 Å². The molecule has 3 aliphatic rings. The molecule has 3 fully saturated rings. The average molecular weight is 581 g/mol. The van der Waals surface area contributed by atoms with E-state index in [9.17, 15) is 19.5 Å². The van der Waals surface area contributed by atoms with Gasteiger partial charge in [-0.05, 0) is 63.8 Å². The van der Waals surface area contributed by atoms with E-state index in [0.29, 0.717) is 25.1 Å². The summed E-state index contributed by atoms with van der Waals surface area (Å²) in [6.07, 6.45) is 4.24. The van der Waals surface area contributed by atoms with Gasteiger partial charge in [-0.3, -0.25) is 14.4 Å². The van der Waals surface area contributed by atoms with Gasteiger partial charge >= 0.3 is 0 Å². The third-order valence-corrected chi connectivity index (χ3v) is 9.97. The Balaban J connectivity index is 1.83. The van der Waals surface area contributed by atoms with Crippen LogP contribution < -0.4 is 9.80 Å². The highest BCUT2D eigenvalue weighted by Gasteiger charge is 2.80. The first-order chi connectivity index (χ1) is 20.0. The van der Waals surface area contributed by atoms with Crippen molar-refractivity contribution < 1.29 is 24.2 Å². The maximum Gasteiger partial charge on any atom is 0.253 e. The Morgan fingerprint density at radius 3 is 2.21 bits per heavy atom. The molecule has 3 heterocycles. The van der Waals surface area contributed by atoms with Gasteiger partial charge in [0.2, 0.25) is 11.8 Å². The van der Waals surface area contributed by atoms with Gasteiger partial charge in [0.15, 0.2) is 0 Å². The zero-order chi connectivity index (χ0) is 31.0. The number of fused-ring (bicyclic) bond motifs is 1. The second-order valence-electron chi connectivity index (χ2n) is 12.1. The smallest absolute Gasteiger partial charge is 0.253 e. The van der Waals surface area contributed by atoms with Gasteiger partial charge in [-0.1, -0.05) is 26.0 Å². The number of carbonyl (C=O) groups excluding carboxylic acids is 3. The van der Waals surface area contributed by atoms with Gasteiger partial charge in [0.1, 0.15) is 11.6 Å². The van der Waals surface area contributed by atoms with Crippen molar-refractivity contribution in [3.8, 4) is 0 Å². The number of likely N-dealkylation sites (tertiary alicyclic amines) is 1. The summed E-state index contributed by atoms with van der Waals surface area (Å²) in [5.74, 6) is -2.44. The Bertz CT molecular complexity index is 1200. The molecule has 9 nitrogen and oxygen atoms in total. The topological polar surface area (TPSA) is 93.6 Å². The van der Waals surface area contributed by atoms with E-state index in [2.05, 4.69) is 31.9 Å². The Morgan fingerprint density at radius 1 is 1.10 bits per heavy atom. The number of hydrogen-bond acceptors (Lipinski definition) is 6. The lowest BCUT2D eigenvalue weighted by Crippen LogP contribution is -2.59. The van der Waals surface area contributed by atoms with Gasteiger partial charge in [0.25, 0.3) is 5.91 Å². The minimum absolute atomic E-state index is 0.0710. The lowest BCUT2D eigenvalue weighted by atomic mass is 9.62. The molecule has 0 aliphatic carbocycles. The number of carbonyl (C=O) groups is 3. The summed E-state index contributed by atoms with van der Waals surface area (Å²) in [4.78, 5) is 50.2. The maximum atomic E-state index is 14.8. The summed E-state index contributed by atoms with van der Waals surface area (Å²) in [5, 5.41) is 10.4. The molecule has 3 amide bonds. The number of likely N-dealkylation sites (N-methyl/N-ethyl adjacent to an activating group) is 1. The van der Waals surface area contributed by atoms with E-state index in [-0.39, 0.29) is 36.8 Å². The van der Waals surface area contributed by atoms with Gasteiger partial charge in [-0.25, -0.2) is 0 Å². The Morgan fingerprint density at radius 2 is 1.69 bits per heavy atom. The summed E-state index contributed by atoms with van der Waals surface area (Å²) in [5.41, 5.74) is -0.361. The van der Waals surface area contributed by atoms with Crippen LogP contribution >= 0.6 is 0 Å². The number of aliphatic hydroxyl groups is 1. The molecule has 3 unspecified atom stereocenters. The van der Waals surface area contributed by atoms with Crippen LogP contribution in [-0.2, 0) is 19.1 Å². The molecule has 1 spiro atoms. The third-order valence-electron chi connectivity index (χ3n) is 9.97. The van der Waals surface area contributed by atoms with Crippen molar-refractivity contribution in [1.82, 2.24) is 9.80 Å². The molecule has 3 saturated heterocycles. The van der Waals surface area contributed by atoms with E-state index in [1.165, 1.54) is 0 Å². The van der Waals surface area contributed by atoms with Crippen LogP contribution in [0.15, 0.2) is 49.6 Å². The maximum absolute atomic E-state index is 14.8. The Labute approximate surface area is 250 Å². The summed E-state index contributed by atoms with van der Waals surface area (Å²) in [6.45, 7) is 19.7. The number of aliphatic hydroxyl groups excluding tert-OH is 1. The zero-order valence-electron chi connectivity index (χ0n) is 26.1. The van der Waals surface area contributed by atoms with Gasteiger partial charge in [-0.15, -0.1) is 13.2 Å². The zero-order valence-corrected chi connectivity index (χ0v) is 26.1. The SMILES string of the molecule is C=CCN(C)C(=O)[C@@H]1[C@H]2C(=O)N([C@@H](CC)CO)C(C(=O)N(CC=C)c3ccc(N(CC)CC)cc3)C23CC(C)[C@@]1(C)O3. The third kappa shape index (κ3) is 4.74. The van der Waals surface area contributed by atoms with Crippen LogP contribution in [0.25, 0.3) is 0 Å². The highest BCUT2D eigenvalue weighted by Crippen LogP contribution is 2.65. The summed E-state index contributed by atoms with van der Waals surface area (Å²) in [6, 6.07) is 6.25. The lowest BCUT2D eigenvalue weighted by molar-refractivity contribution is -0.153. The largest absolute Gasteiger partial charge is 0.394 e. The molecule has 1 aromatic carbocycles. The fourth-order valence-electron chi connectivity index (χ4n) is 7.69. The first kappa shape index (κ1) is 31.8. The second-order valence-corrected chi connectivity index (χ2v) is 12.1. The molecule has 7 atom stereocenters. The standard InChI is InChI=1S/C33H48N4O5/c1-9-18-34(8)29(39)26-27-30(40)37(23(11-3)21-38)28(33(27)20-22(6)32(26,7)42-33)31(41)36(19-10-2)25-16-14-24(15-17-25)35(12-4)13-5/h9-10,14-17,22-23,26-28,38H,1-2,11-13,18-21H2,3-8H3/t22?,23-,26-,27-,28?,32+,33?/m0/s1. The minimum Gasteiger partial charge on any atom is -0.394 e. The Kier molecular flexibility index (Phi) is 9.23. The number of benzene rings is 1. The predicted molar refractivity (Wildman–Crippen MR) is 165 cm³/mol. The van der Waals surface area contributed by atoms with E-state index in [1.807, 2.05) is 45.0 Å². The minimum atomic E-state index is -1.19. The van der Waals surface area contributed by atoms with Gasteiger partial charge in [0, 0.05) is 44.6 Å². The highest BCUT2D eigenvalue weighted by atomic mass is 16.5. The van der Waals surface area contributed by atoms with E-state index in [4.69, 9.17) is 4.74 Å². The van der Waals surface area contributed by atoms with Crippen molar-refractivity contribution >= 4 is 29.1 Å². The van der Waals surface area contributed by atoms with Crippen molar-refractivity contribution in [3.05, 3.63) is 49.6 Å². The van der Waals surface area contributed by atoms with Gasteiger partial charge < -0.3 is 29.4 Å². The van der Waals surface area contributed by atoms with Crippen molar-refractivity contribution in [1.29, 1.82) is 0 Å². The fraction of sp³-hybridized carbons (Fsp3) is 0.606. The molecule has 230 valence electrons. The predicted octanol–water partition coefficient (Wildman–Crippen LogP) is 3.48. The van der Waals surface area contributed by atoms with Crippen LogP contribution in [-0.4, -0.2) is 95.7 Å². The number of amides is 3. The molecule has 1 N–H and O–H groups in total. The van der Waals surface area contributed by atoms with Gasteiger partial charge in [0.05, 0.1) is 30.1 Å². The Hall–Kier alpha value is -3.17. The van der Waals surface area contributed by atoms with E-state index in [0.717, 1.165) is 18.8 Å². The molecule has 4 rings (SSSR count). The number of ether oxygens (including phenoxy) is 1. The molecule has 0 radical (unpaired) electrons. The fourth-order valence-corrected chi connectivity index (χ4v) is 7.69. The van der Waals surface area contributed by atoms with Crippen molar-refractivity contribution in [2.75, 3.05) is 49.6 Å². The molecule has 42 heavy (non-hydrogen) atoms.